The molecule has 3 aromatic rings. The topological polar surface area (TPSA) is 53.4 Å². The smallest absolute Gasteiger partial charge is 0.339 e. The number of fused-ring (bicyclic) bond motifs is 1. The van der Waals surface area contributed by atoms with Gasteiger partial charge in [0.2, 0.25) is 0 Å². The third-order valence-corrected chi connectivity index (χ3v) is 4.60. The Kier molecular flexibility index (Phi) is 4.84. The summed E-state index contributed by atoms with van der Waals surface area (Å²) in [5.41, 5.74) is 2.36. The summed E-state index contributed by atoms with van der Waals surface area (Å²) in [7, 11) is 3.55. The van der Waals surface area contributed by atoms with E-state index in [9.17, 15) is 9.90 Å². The van der Waals surface area contributed by atoms with E-state index in [2.05, 4.69) is 4.98 Å². The maximum atomic E-state index is 12.0. The van der Waals surface area contributed by atoms with E-state index in [-0.39, 0.29) is 5.56 Å². The number of pyridine rings is 1. The molecule has 0 saturated heterocycles. The Morgan fingerprint density at radius 3 is 2.52 bits per heavy atom. The van der Waals surface area contributed by atoms with Gasteiger partial charge in [0.15, 0.2) is 0 Å². The Hall–Kier alpha value is -2.30. The van der Waals surface area contributed by atoms with Crippen LogP contribution in [0.5, 0.6) is 0 Å². The monoisotopic (exact) mass is 374 g/mol. The van der Waals surface area contributed by atoms with Crippen LogP contribution < -0.4 is 4.90 Å². The third kappa shape index (κ3) is 3.41. The molecule has 0 saturated carbocycles. The fourth-order valence-corrected chi connectivity index (χ4v) is 3.23. The van der Waals surface area contributed by atoms with E-state index in [0.717, 1.165) is 10.9 Å². The number of carbonyl (C=O) groups is 1. The molecule has 6 heteroatoms. The van der Waals surface area contributed by atoms with Crippen LogP contribution in [0.15, 0.2) is 42.5 Å². The number of aromatic nitrogens is 1. The number of rotatable bonds is 4. The molecule has 0 aliphatic heterocycles. The molecule has 2 aromatic carbocycles. The van der Waals surface area contributed by atoms with Crippen LogP contribution in [0.3, 0.4) is 0 Å². The molecular weight excluding hydrogens is 359 g/mol. The number of anilines is 1. The maximum absolute atomic E-state index is 12.0. The molecule has 0 aliphatic carbocycles. The second kappa shape index (κ2) is 6.90. The molecule has 25 heavy (non-hydrogen) atoms. The first kappa shape index (κ1) is 17.5. The van der Waals surface area contributed by atoms with Crippen molar-refractivity contribution in [1.29, 1.82) is 0 Å². The first-order valence-corrected chi connectivity index (χ1v) is 8.40. The van der Waals surface area contributed by atoms with Crippen LogP contribution in [-0.2, 0) is 6.42 Å². The summed E-state index contributed by atoms with van der Waals surface area (Å²) in [4.78, 5) is 18.2. The summed E-state index contributed by atoms with van der Waals surface area (Å²) < 4.78 is 0. The van der Waals surface area contributed by atoms with Gasteiger partial charge in [-0.05, 0) is 35.4 Å². The van der Waals surface area contributed by atoms with Crippen molar-refractivity contribution in [3.63, 3.8) is 0 Å². The number of aromatic carboxylic acids is 1. The van der Waals surface area contributed by atoms with Gasteiger partial charge in [-0.15, -0.1) is 0 Å². The fourth-order valence-electron chi connectivity index (χ4n) is 2.85. The summed E-state index contributed by atoms with van der Waals surface area (Å²) in [5, 5.41) is 11.7. The highest BCUT2D eigenvalue weighted by molar-refractivity contribution is 6.31. The fraction of sp³-hybridized carbons (Fsp3) is 0.158. The molecule has 0 bridgehead atoms. The zero-order valence-electron chi connectivity index (χ0n) is 13.8. The number of benzene rings is 2. The highest BCUT2D eigenvalue weighted by atomic mass is 35.5. The van der Waals surface area contributed by atoms with Crippen LogP contribution in [0.25, 0.3) is 10.9 Å². The molecule has 4 nitrogen and oxygen atoms in total. The predicted molar refractivity (Wildman–Crippen MR) is 102 cm³/mol. The molecule has 1 aromatic heterocycles. The summed E-state index contributed by atoms with van der Waals surface area (Å²) in [5.74, 6) is -0.621. The summed E-state index contributed by atoms with van der Waals surface area (Å²) in [6.07, 6.45) is 0.376. The largest absolute Gasteiger partial charge is 0.478 e. The van der Waals surface area contributed by atoms with E-state index in [1.165, 1.54) is 0 Å². The van der Waals surface area contributed by atoms with Crippen LogP contribution in [0.4, 0.5) is 5.82 Å². The van der Waals surface area contributed by atoms with Crippen molar-refractivity contribution in [2.75, 3.05) is 19.0 Å². The van der Waals surface area contributed by atoms with Crippen molar-refractivity contribution in [2.24, 2.45) is 0 Å². The second-order valence-corrected chi connectivity index (χ2v) is 6.76. The number of carboxylic acid groups (broad SMARTS) is 1. The van der Waals surface area contributed by atoms with Gasteiger partial charge in [-0.1, -0.05) is 41.4 Å². The van der Waals surface area contributed by atoms with E-state index in [1.54, 1.807) is 43.3 Å². The Morgan fingerprint density at radius 1 is 1.16 bits per heavy atom. The Morgan fingerprint density at radius 2 is 1.88 bits per heavy atom. The predicted octanol–water partition coefficient (Wildman–Crippen LogP) is 4.90. The van der Waals surface area contributed by atoms with Gasteiger partial charge in [0.25, 0.3) is 0 Å². The molecule has 1 N–H and O–H groups in total. The van der Waals surface area contributed by atoms with Gasteiger partial charge in [0.1, 0.15) is 11.4 Å². The molecule has 128 valence electrons. The number of nitrogens with zero attached hydrogens (tertiary/aromatic N) is 2. The number of halogens is 2. The van der Waals surface area contributed by atoms with Gasteiger partial charge in [0, 0.05) is 35.9 Å². The first-order chi connectivity index (χ1) is 11.9. The minimum absolute atomic E-state index is 0.166. The maximum Gasteiger partial charge on any atom is 0.339 e. The van der Waals surface area contributed by atoms with Gasteiger partial charge in [0.05, 0.1) is 5.52 Å². The molecule has 3 rings (SSSR count). The standard InChI is InChI=1S/C19H16Cl2N2O2/c1-23(2)18-17(19(24)25)14(9-11-5-3-4-6-15(11)21)13-10-12(20)7-8-16(13)22-18/h3-8,10H,9H2,1-2H3,(H,24,25). The number of carboxylic acids is 1. The van der Waals surface area contributed by atoms with E-state index in [4.69, 9.17) is 23.2 Å². The zero-order chi connectivity index (χ0) is 18.1. The van der Waals surface area contributed by atoms with E-state index >= 15 is 0 Å². The molecule has 0 radical (unpaired) electrons. The molecule has 0 amide bonds. The normalized spacial score (nSPS) is 10.9. The van der Waals surface area contributed by atoms with Gasteiger partial charge >= 0.3 is 5.97 Å². The molecule has 1 heterocycles. The van der Waals surface area contributed by atoms with Crippen LogP contribution in [0.1, 0.15) is 21.5 Å². The van der Waals surface area contributed by atoms with Crippen molar-refractivity contribution in [2.45, 2.75) is 6.42 Å². The van der Waals surface area contributed by atoms with Crippen LogP contribution in [0, 0.1) is 0 Å². The van der Waals surface area contributed by atoms with Crippen LogP contribution in [-0.4, -0.2) is 30.2 Å². The highest BCUT2D eigenvalue weighted by Gasteiger charge is 2.22. The van der Waals surface area contributed by atoms with Gasteiger partial charge < -0.3 is 10.0 Å². The first-order valence-electron chi connectivity index (χ1n) is 7.64. The quantitative estimate of drug-likeness (QED) is 0.705. The highest BCUT2D eigenvalue weighted by Crippen LogP contribution is 2.33. The summed E-state index contributed by atoms with van der Waals surface area (Å²) in [6.45, 7) is 0. The van der Waals surface area contributed by atoms with Crippen molar-refractivity contribution in [3.8, 4) is 0 Å². The van der Waals surface area contributed by atoms with Crippen LogP contribution in [0.2, 0.25) is 10.0 Å². The van der Waals surface area contributed by atoms with Crippen molar-refractivity contribution in [1.82, 2.24) is 4.98 Å². The van der Waals surface area contributed by atoms with Crippen LogP contribution >= 0.6 is 23.2 Å². The van der Waals surface area contributed by atoms with E-state index in [0.29, 0.717) is 33.4 Å². The minimum Gasteiger partial charge on any atom is -0.478 e. The minimum atomic E-state index is -1.03. The van der Waals surface area contributed by atoms with Crippen molar-refractivity contribution >= 4 is 45.9 Å². The Balaban J connectivity index is 2.36. The Labute approximate surface area is 155 Å². The lowest BCUT2D eigenvalue weighted by Gasteiger charge is -2.19. The lowest BCUT2D eigenvalue weighted by molar-refractivity contribution is 0.0696. The Bertz CT molecular complexity index is 971. The van der Waals surface area contributed by atoms with Gasteiger partial charge in [-0.25, -0.2) is 9.78 Å². The molecule has 0 unspecified atom stereocenters. The molecular formula is C19H16Cl2N2O2. The number of hydrogen-bond donors (Lipinski definition) is 1. The zero-order valence-corrected chi connectivity index (χ0v) is 15.3. The van der Waals surface area contributed by atoms with Gasteiger partial charge in [-0.2, -0.15) is 0 Å². The molecule has 0 spiro atoms. The van der Waals surface area contributed by atoms with E-state index < -0.39 is 5.97 Å². The lowest BCUT2D eigenvalue weighted by Crippen LogP contribution is -2.18. The molecule has 0 fully saturated rings. The SMILES string of the molecule is CN(C)c1nc2ccc(Cl)cc2c(Cc2ccccc2Cl)c1C(=O)O. The summed E-state index contributed by atoms with van der Waals surface area (Å²) >= 11 is 12.4. The van der Waals surface area contributed by atoms with Gasteiger partial charge in [-0.3, -0.25) is 0 Å². The van der Waals surface area contributed by atoms with E-state index in [1.807, 2.05) is 18.2 Å². The lowest BCUT2D eigenvalue weighted by atomic mass is 9.95. The second-order valence-electron chi connectivity index (χ2n) is 5.92. The van der Waals surface area contributed by atoms with Crippen molar-refractivity contribution in [3.05, 3.63) is 69.2 Å². The average Bonchev–Trinajstić information content (AvgIpc) is 2.56. The molecule has 0 atom stereocenters. The summed E-state index contributed by atoms with van der Waals surface area (Å²) in [6, 6.07) is 12.7. The average molecular weight is 375 g/mol. The molecule has 0 aliphatic rings. The van der Waals surface area contributed by atoms with Crippen molar-refractivity contribution < 1.29 is 9.90 Å². The third-order valence-electron chi connectivity index (χ3n) is 4.00. The number of hydrogen-bond acceptors (Lipinski definition) is 3.